The standard InChI is InChI=1S/C18H16N2O6S/c1-27(24,25)15-9-5-2-6-12(15)18(23)26-11-17(22)20-10-16(21)19-13-7-3-4-8-14(13)20/h2-9H,10-11H2,1H3,(H,19,21). The van der Waals surface area contributed by atoms with E-state index in [0.29, 0.717) is 11.4 Å². The SMILES string of the molecule is CS(=O)(=O)c1ccccc1C(=O)OCC(=O)N1CC(=O)Nc2ccccc21. The van der Waals surface area contributed by atoms with Gasteiger partial charge in [-0.15, -0.1) is 0 Å². The van der Waals surface area contributed by atoms with Crippen LogP contribution in [0, 0.1) is 0 Å². The molecule has 1 aliphatic heterocycles. The van der Waals surface area contributed by atoms with Crippen molar-refractivity contribution in [2.24, 2.45) is 0 Å². The average Bonchev–Trinajstić information content (AvgIpc) is 2.64. The number of anilines is 2. The first-order chi connectivity index (χ1) is 12.8. The number of rotatable bonds is 4. The number of fused-ring (bicyclic) bond motifs is 1. The molecule has 0 fully saturated rings. The zero-order valence-corrected chi connectivity index (χ0v) is 15.2. The first-order valence-corrected chi connectivity index (χ1v) is 9.82. The minimum absolute atomic E-state index is 0.149. The van der Waals surface area contributed by atoms with Crippen LogP contribution in [0.15, 0.2) is 53.4 Å². The van der Waals surface area contributed by atoms with Gasteiger partial charge in [-0.05, 0) is 24.3 Å². The largest absolute Gasteiger partial charge is 0.452 e. The summed E-state index contributed by atoms with van der Waals surface area (Å²) in [6.45, 7) is -0.828. The van der Waals surface area contributed by atoms with E-state index < -0.39 is 28.3 Å². The van der Waals surface area contributed by atoms with Crippen LogP contribution in [0.25, 0.3) is 0 Å². The topological polar surface area (TPSA) is 110 Å². The molecule has 0 radical (unpaired) electrons. The van der Waals surface area contributed by atoms with Crippen molar-refractivity contribution in [3.63, 3.8) is 0 Å². The van der Waals surface area contributed by atoms with Crippen LogP contribution >= 0.6 is 0 Å². The van der Waals surface area contributed by atoms with Crippen molar-refractivity contribution in [3.05, 3.63) is 54.1 Å². The monoisotopic (exact) mass is 388 g/mol. The van der Waals surface area contributed by atoms with E-state index in [1.807, 2.05) is 0 Å². The minimum Gasteiger partial charge on any atom is -0.452 e. The summed E-state index contributed by atoms with van der Waals surface area (Å²) in [6, 6.07) is 12.3. The van der Waals surface area contributed by atoms with Crippen LogP contribution in [0.5, 0.6) is 0 Å². The Kier molecular flexibility index (Phi) is 4.95. The molecule has 1 aliphatic rings. The summed E-state index contributed by atoms with van der Waals surface area (Å²) in [7, 11) is -3.63. The van der Waals surface area contributed by atoms with Gasteiger partial charge in [0, 0.05) is 6.26 Å². The van der Waals surface area contributed by atoms with Gasteiger partial charge in [0.05, 0.1) is 21.8 Å². The van der Waals surface area contributed by atoms with Crippen molar-refractivity contribution in [1.82, 2.24) is 0 Å². The second-order valence-electron chi connectivity index (χ2n) is 5.89. The molecule has 0 aromatic heterocycles. The number of ether oxygens (including phenoxy) is 1. The smallest absolute Gasteiger partial charge is 0.339 e. The Morgan fingerprint density at radius 3 is 2.52 bits per heavy atom. The van der Waals surface area contributed by atoms with Crippen LogP contribution in [0.3, 0.4) is 0 Å². The van der Waals surface area contributed by atoms with Crippen molar-refractivity contribution in [2.75, 3.05) is 29.6 Å². The number of carbonyl (C=O) groups excluding carboxylic acids is 3. The van der Waals surface area contributed by atoms with E-state index in [4.69, 9.17) is 4.74 Å². The van der Waals surface area contributed by atoms with E-state index in [1.54, 1.807) is 24.3 Å². The highest BCUT2D eigenvalue weighted by atomic mass is 32.2. The summed E-state index contributed by atoms with van der Waals surface area (Å²) >= 11 is 0. The molecule has 0 saturated heterocycles. The third-order valence-electron chi connectivity index (χ3n) is 3.90. The second kappa shape index (κ2) is 7.20. The van der Waals surface area contributed by atoms with E-state index >= 15 is 0 Å². The third-order valence-corrected chi connectivity index (χ3v) is 5.06. The number of hydrogen-bond donors (Lipinski definition) is 1. The predicted octanol–water partition coefficient (Wildman–Crippen LogP) is 1.23. The Balaban J connectivity index is 1.76. The highest BCUT2D eigenvalue weighted by Gasteiger charge is 2.28. The van der Waals surface area contributed by atoms with E-state index in [2.05, 4.69) is 5.32 Å². The summed E-state index contributed by atoms with van der Waals surface area (Å²) in [4.78, 5) is 37.6. The van der Waals surface area contributed by atoms with Crippen LogP contribution in [-0.2, 0) is 24.2 Å². The number of nitrogens with zero attached hydrogens (tertiary/aromatic N) is 1. The number of para-hydroxylation sites is 2. The lowest BCUT2D eigenvalue weighted by Gasteiger charge is -2.28. The average molecular weight is 388 g/mol. The fourth-order valence-electron chi connectivity index (χ4n) is 2.70. The zero-order chi connectivity index (χ0) is 19.6. The molecule has 0 bridgehead atoms. The molecule has 1 N–H and O–H groups in total. The van der Waals surface area contributed by atoms with Gasteiger partial charge in [-0.25, -0.2) is 13.2 Å². The van der Waals surface area contributed by atoms with Crippen LogP contribution in [0.4, 0.5) is 11.4 Å². The molecule has 0 atom stereocenters. The van der Waals surface area contributed by atoms with E-state index in [-0.39, 0.29) is 22.9 Å². The van der Waals surface area contributed by atoms with Crippen molar-refractivity contribution in [1.29, 1.82) is 0 Å². The quantitative estimate of drug-likeness (QED) is 0.789. The van der Waals surface area contributed by atoms with Crippen LogP contribution in [-0.4, -0.2) is 45.6 Å². The van der Waals surface area contributed by atoms with Crippen molar-refractivity contribution < 1.29 is 27.5 Å². The van der Waals surface area contributed by atoms with Crippen molar-refractivity contribution >= 4 is 39.0 Å². The third kappa shape index (κ3) is 3.98. The van der Waals surface area contributed by atoms with Crippen LogP contribution < -0.4 is 10.2 Å². The Labute approximate surface area is 155 Å². The van der Waals surface area contributed by atoms with Gasteiger partial charge in [0.25, 0.3) is 5.91 Å². The Bertz CT molecular complexity index is 1030. The summed E-state index contributed by atoms with van der Waals surface area (Å²) in [6.07, 6.45) is 0.980. The number of sulfone groups is 1. The highest BCUT2D eigenvalue weighted by molar-refractivity contribution is 7.90. The number of esters is 1. The van der Waals surface area contributed by atoms with E-state index in [0.717, 1.165) is 6.26 Å². The fraction of sp³-hybridized carbons (Fsp3) is 0.167. The normalized spacial score (nSPS) is 13.5. The molecule has 1 heterocycles. The zero-order valence-electron chi connectivity index (χ0n) is 14.3. The summed E-state index contributed by atoms with van der Waals surface area (Å²) in [5.41, 5.74) is 0.829. The molecule has 2 amide bonds. The molecular formula is C18H16N2O6S. The molecule has 27 heavy (non-hydrogen) atoms. The van der Waals surface area contributed by atoms with Gasteiger partial charge in [0.2, 0.25) is 5.91 Å². The highest BCUT2D eigenvalue weighted by Crippen LogP contribution is 2.28. The maximum absolute atomic E-state index is 12.5. The van der Waals surface area contributed by atoms with Gasteiger partial charge >= 0.3 is 5.97 Å². The Morgan fingerprint density at radius 2 is 1.78 bits per heavy atom. The Morgan fingerprint density at radius 1 is 1.11 bits per heavy atom. The van der Waals surface area contributed by atoms with Crippen LogP contribution in [0.2, 0.25) is 0 Å². The Hall–Kier alpha value is -3.20. The number of carbonyl (C=O) groups is 3. The molecule has 140 valence electrons. The number of hydrogen-bond acceptors (Lipinski definition) is 6. The lowest BCUT2D eigenvalue weighted by Crippen LogP contribution is -2.44. The van der Waals surface area contributed by atoms with Gasteiger partial charge in [0.1, 0.15) is 6.54 Å². The summed E-state index contributed by atoms with van der Waals surface area (Å²) < 4.78 is 28.6. The summed E-state index contributed by atoms with van der Waals surface area (Å²) in [5, 5.41) is 2.65. The number of amides is 2. The second-order valence-corrected chi connectivity index (χ2v) is 7.87. The van der Waals surface area contributed by atoms with Gasteiger partial charge in [-0.2, -0.15) is 0 Å². The molecule has 0 saturated carbocycles. The van der Waals surface area contributed by atoms with Crippen molar-refractivity contribution in [2.45, 2.75) is 4.90 Å². The first kappa shape index (κ1) is 18.6. The van der Waals surface area contributed by atoms with Crippen LogP contribution in [0.1, 0.15) is 10.4 Å². The molecule has 3 rings (SSSR count). The first-order valence-electron chi connectivity index (χ1n) is 7.93. The molecule has 2 aromatic carbocycles. The number of nitrogens with one attached hydrogen (secondary N) is 1. The molecule has 2 aromatic rings. The van der Waals surface area contributed by atoms with E-state index in [1.165, 1.54) is 29.2 Å². The van der Waals surface area contributed by atoms with Gasteiger partial charge in [-0.3, -0.25) is 14.5 Å². The molecule has 9 heteroatoms. The lowest BCUT2D eigenvalue weighted by molar-refractivity contribution is -0.124. The molecule has 0 aliphatic carbocycles. The van der Waals surface area contributed by atoms with Crippen molar-refractivity contribution in [3.8, 4) is 0 Å². The molecule has 8 nitrogen and oxygen atoms in total. The molecule has 0 spiro atoms. The molecule has 0 unspecified atom stereocenters. The van der Waals surface area contributed by atoms with E-state index in [9.17, 15) is 22.8 Å². The predicted molar refractivity (Wildman–Crippen MR) is 97.3 cm³/mol. The maximum atomic E-state index is 12.5. The van der Waals surface area contributed by atoms with Gasteiger partial charge < -0.3 is 10.1 Å². The fourth-order valence-corrected chi connectivity index (χ4v) is 3.57. The molecular weight excluding hydrogens is 372 g/mol. The maximum Gasteiger partial charge on any atom is 0.339 e. The summed E-state index contributed by atoms with van der Waals surface area (Å²) in [5.74, 6) is -1.89. The van der Waals surface area contributed by atoms with Gasteiger partial charge in [-0.1, -0.05) is 24.3 Å². The number of benzene rings is 2. The lowest BCUT2D eigenvalue weighted by atomic mass is 10.2. The minimum atomic E-state index is -3.63. The van der Waals surface area contributed by atoms with Gasteiger partial charge in [0.15, 0.2) is 16.4 Å².